The second-order valence-corrected chi connectivity index (χ2v) is 5.44. The summed E-state index contributed by atoms with van der Waals surface area (Å²) < 4.78 is 8.14. The number of ether oxygens (including phenoxy) is 1. The van der Waals surface area contributed by atoms with E-state index >= 15 is 0 Å². The van der Waals surface area contributed by atoms with Crippen molar-refractivity contribution in [2.45, 2.75) is 52.2 Å². The van der Waals surface area contributed by atoms with Crippen LogP contribution in [0, 0.1) is 12.8 Å². The molecule has 0 aliphatic heterocycles. The fourth-order valence-corrected chi connectivity index (χ4v) is 2.81. The summed E-state index contributed by atoms with van der Waals surface area (Å²) in [5.74, 6) is 1.59. The number of aryl methyl sites for hydroxylation is 2. The normalized spacial score (nSPS) is 24.2. The molecule has 0 aromatic carbocycles. The predicted octanol–water partition coefficient (Wildman–Crippen LogP) is 2.41. The number of hydrogen-bond donors (Lipinski definition) is 1. The van der Waals surface area contributed by atoms with Gasteiger partial charge in [-0.2, -0.15) is 5.10 Å². The van der Waals surface area contributed by atoms with Gasteiger partial charge in [0.05, 0.1) is 11.3 Å². The summed E-state index contributed by atoms with van der Waals surface area (Å²) in [5, 5.41) is 7.67. The molecule has 1 saturated carbocycles. The minimum Gasteiger partial charge on any atom is -0.474 e. The third-order valence-electron chi connectivity index (χ3n) is 3.94. The van der Waals surface area contributed by atoms with E-state index in [0.29, 0.717) is 12.0 Å². The Labute approximate surface area is 110 Å². The maximum Gasteiger partial charge on any atom is 0.216 e. The van der Waals surface area contributed by atoms with Gasteiger partial charge in [0.25, 0.3) is 0 Å². The van der Waals surface area contributed by atoms with Gasteiger partial charge in [0.2, 0.25) is 5.88 Å². The van der Waals surface area contributed by atoms with Crippen molar-refractivity contribution in [1.82, 2.24) is 15.1 Å². The Morgan fingerprint density at radius 3 is 2.78 bits per heavy atom. The van der Waals surface area contributed by atoms with Crippen LogP contribution in [-0.2, 0) is 13.6 Å². The molecular weight excluding hydrogens is 226 g/mol. The summed E-state index contributed by atoms with van der Waals surface area (Å²) in [6.07, 6.45) is 5.43. The first kappa shape index (κ1) is 13.4. The van der Waals surface area contributed by atoms with Gasteiger partial charge in [-0.05, 0) is 39.2 Å². The predicted molar refractivity (Wildman–Crippen MR) is 72.8 cm³/mol. The largest absolute Gasteiger partial charge is 0.474 e. The standard InChI is InChI=1S/C14H25N3O/c1-10-7-5-6-8-13(10)18-14-12(9-15-3)11(2)16-17(14)4/h10,13,15H,5-9H2,1-4H3. The molecule has 0 radical (unpaired) electrons. The number of nitrogens with zero attached hydrogens (tertiary/aromatic N) is 2. The van der Waals surface area contributed by atoms with E-state index in [0.717, 1.165) is 18.1 Å². The first-order valence-electron chi connectivity index (χ1n) is 6.97. The van der Waals surface area contributed by atoms with Crippen LogP contribution >= 0.6 is 0 Å². The molecule has 0 amide bonds. The Hall–Kier alpha value is -1.03. The maximum atomic E-state index is 6.26. The highest BCUT2D eigenvalue weighted by molar-refractivity contribution is 5.31. The quantitative estimate of drug-likeness (QED) is 0.893. The molecule has 1 N–H and O–H groups in total. The van der Waals surface area contributed by atoms with E-state index in [2.05, 4.69) is 17.3 Å². The molecule has 2 unspecified atom stereocenters. The van der Waals surface area contributed by atoms with Crippen LogP contribution in [0.4, 0.5) is 0 Å². The van der Waals surface area contributed by atoms with E-state index in [9.17, 15) is 0 Å². The van der Waals surface area contributed by atoms with E-state index in [1.54, 1.807) is 0 Å². The Kier molecular flexibility index (Phi) is 4.27. The molecule has 1 heterocycles. The fraction of sp³-hybridized carbons (Fsp3) is 0.786. The van der Waals surface area contributed by atoms with Gasteiger partial charge in [0.15, 0.2) is 0 Å². The first-order chi connectivity index (χ1) is 8.63. The van der Waals surface area contributed by atoms with Crippen molar-refractivity contribution in [2.24, 2.45) is 13.0 Å². The molecule has 4 heteroatoms. The number of nitrogens with one attached hydrogen (secondary N) is 1. The van der Waals surface area contributed by atoms with E-state index in [-0.39, 0.29) is 0 Å². The fourth-order valence-electron chi connectivity index (χ4n) is 2.81. The van der Waals surface area contributed by atoms with Crippen LogP contribution in [-0.4, -0.2) is 22.9 Å². The summed E-state index contributed by atoms with van der Waals surface area (Å²) in [6, 6.07) is 0. The van der Waals surface area contributed by atoms with E-state index in [1.165, 1.54) is 31.2 Å². The van der Waals surface area contributed by atoms with E-state index < -0.39 is 0 Å². The monoisotopic (exact) mass is 251 g/mol. The van der Waals surface area contributed by atoms with Gasteiger partial charge in [-0.3, -0.25) is 0 Å². The third-order valence-corrected chi connectivity index (χ3v) is 3.94. The SMILES string of the molecule is CNCc1c(C)nn(C)c1OC1CCCCC1C. The molecule has 1 aliphatic rings. The highest BCUT2D eigenvalue weighted by Gasteiger charge is 2.25. The molecule has 18 heavy (non-hydrogen) atoms. The highest BCUT2D eigenvalue weighted by atomic mass is 16.5. The summed E-state index contributed by atoms with van der Waals surface area (Å²) >= 11 is 0. The van der Waals surface area contributed by atoms with Crippen LogP contribution in [0.5, 0.6) is 5.88 Å². The number of rotatable bonds is 4. The minimum atomic E-state index is 0.351. The summed E-state index contributed by atoms with van der Waals surface area (Å²) in [5.41, 5.74) is 2.25. The number of aromatic nitrogens is 2. The van der Waals surface area contributed by atoms with Gasteiger partial charge in [-0.1, -0.05) is 13.3 Å². The zero-order valence-corrected chi connectivity index (χ0v) is 12.0. The lowest BCUT2D eigenvalue weighted by molar-refractivity contribution is 0.0917. The van der Waals surface area contributed by atoms with E-state index in [1.807, 2.05) is 25.7 Å². The molecular formula is C14H25N3O. The van der Waals surface area contributed by atoms with E-state index in [4.69, 9.17) is 4.74 Å². The smallest absolute Gasteiger partial charge is 0.216 e. The minimum absolute atomic E-state index is 0.351. The molecule has 102 valence electrons. The second-order valence-electron chi connectivity index (χ2n) is 5.44. The van der Waals surface area contributed by atoms with Crippen molar-refractivity contribution in [3.05, 3.63) is 11.3 Å². The topological polar surface area (TPSA) is 39.1 Å². The molecule has 1 aromatic rings. The lowest BCUT2D eigenvalue weighted by Gasteiger charge is -2.29. The van der Waals surface area contributed by atoms with Gasteiger partial charge in [0, 0.05) is 13.6 Å². The van der Waals surface area contributed by atoms with Gasteiger partial charge in [-0.25, -0.2) is 4.68 Å². The van der Waals surface area contributed by atoms with Crippen molar-refractivity contribution >= 4 is 0 Å². The zero-order chi connectivity index (χ0) is 13.1. The van der Waals surface area contributed by atoms with Crippen LogP contribution in [0.15, 0.2) is 0 Å². The molecule has 0 spiro atoms. The van der Waals surface area contributed by atoms with Crippen molar-refractivity contribution < 1.29 is 4.74 Å². The molecule has 1 fully saturated rings. The zero-order valence-electron chi connectivity index (χ0n) is 12.0. The van der Waals surface area contributed by atoms with Crippen molar-refractivity contribution in [3.8, 4) is 5.88 Å². The van der Waals surface area contributed by atoms with Gasteiger partial charge in [-0.15, -0.1) is 0 Å². The van der Waals surface area contributed by atoms with Crippen LogP contribution in [0.2, 0.25) is 0 Å². The first-order valence-corrected chi connectivity index (χ1v) is 6.97. The maximum absolute atomic E-state index is 6.26. The Balaban J connectivity index is 2.16. The molecule has 0 bridgehead atoms. The van der Waals surface area contributed by atoms with Crippen LogP contribution in [0.3, 0.4) is 0 Å². The van der Waals surface area contributed by atoms with Gasteiger partial charge in [0.1, 0.15) is 6.10 Å². The van der Waals surface area contributed by atoms with Crippen LogP contribution in [0.1, 0.15) is 43.9 Å². The van der Waals surface area contributed by atoms with Crippen molar-refractivity contribution in [2.75, 3.05) is 7.05 Å². The van der Waals surface area contributed by atoms with Crippen molar-refractivity contribution in [3.63, 3.8) is 0 Å². The van der Waals surface area contributed by atoms with Crippen molar-refractivity contribution in [1.29, 1.82) is 0 Å². The van der Waals surface area contributed by atoms with Crippen LogP contribution in [0.25, 0.3) is 0 Å². The molecule has 4 nitrogen and oxygen atoms in total. The Bertz CT molecular complexity index is 400. The summed E-state index contributed by atoms with van der Waals surface area (Å²) in [4.78, 5) is 0. The van der Waals surface area contributed by atoms with Gasteiger partial charge < -0.3 is 10.1 Å². The number of hydrogen-bond acceptors (Lipinski definition) is 3. The molecule has 1 aromatic heterocycles. The molecule has 0 saturated heterocycles. The lowest BCUT2D eigenvalue weighted by Crippen LogP contribution is -2.29. The Morgan fingerprint density at radius 2 is 2.11 bits per heavy atom. The summed E-state index contributed by atoms with van der Waals surface area (Å²) in [6.45, 7) is 5.16. The highest BCUT2D eigenvalue weighted by Crippen LogP contribution is 2.30. The molecule has 1 aliphatic carbocycles. The summed E-state index contributed by atoms with van der Waals surface area (Å²) in [7, 11) is 3.93. The van der Waals surface area contributed by atoms with Crippen LogP contribution < -0.4 is 10.1 Å². The second kappa shape index (κ2) is 5.74. The Morgan fingerprint density at radius 1 is 1.39 bits per heavy atom. The lowest BCUT2D eigenvalue weighted by atomic mass is 9.88. The third kappa shape index (κ3) is 2.69. The average Bonchev–Trinajstić information content (AvgIpc) is 2.59. The molecule has 2 atom stereocenters. The average molecular weight is 251 g/mol. The van der Waals surface area contributed by atoms with Gasteiger partial charge >= 0.3 is 0 Å². The molecule has 2 rings (SSSR count).